The summed E-state index contributed by atoms with van der Waals surface area (Å²) in [4.78, 5) is 38.6. The second kappa shape index (κ2) is 4.99. The second-order valence-electron chi connectivity index (χ2n) is 7.42. The molecule has 140 valence electrons. The SMILES string of the molecule is C[C@]1(O)C[C@@]2(O)C=CC3=C(C(=O)c4cccc(O)c4C3=O)[C@@]2(O)C(=O)[C@@H]1O. The number of fused-ring (bicyclic) bond motifs is 3. The summed E-state index contributed by atoms with van der Waals surface area (Å²) in [7, 11) is 0. The van der Waals surface area contributed by atoms with Gasteiger partial charge in [0.25, 0.3) is 0 Å². The zero-order valence-electron chi connectivity index (χ0n) is 14.1. The first-order chi connectivity index (χ1) is 12.5. The summed E-state index contributed by atoms with van der Waals surface area (Å²) >= 11 is 0. The van der Waals surface area contributed by atoms with Crippen molar-refractivity contribution < 1.29 is 39.9 Å². The second-order valence-corrected chi connectivity index (χ2v) is 7.42. The van der Waals surface area contributed by atoms with Crippen LogP contribution in [0.1, 0.15) is 34.1 Å². The molecule has 0 unspecified atom stereocenters. The van der Waals surface area contributed by atoms with Crippen LogP contribution in [-0.2, 0) is 4.79 Å². The number of benzene rings is 1. The van der Waals surface area contributed by atoms with Gasteiger partial charge in [0.2, 0.25) is 5.78 Å². The highest BCUT2D eigenvalue weighted by atomic mass is 16.4. The van der Waals surface area contributed by atoms with Crippen LogP contribution in [0, 0.1) is 0 Å². The van der Waals surface area contributed by atoms with Gasteiger partial charge in [-0.1, -0.05) is 18.2 Å². The van der Waals surface area contributed by atoms with Crippen molar-refractivity contribution in [1.82, 2.24) is 0 Å². The Balaban J connectivity index is 2.01. The van der Waals surface area contributed by atoms with Gasteiger partial charge >= 0.3 is 0 Å². The molecule has 0 spiro atoms. The predicted molar refractivity (Wildman–Crippen MR) is 89.1 cm³/mol. The largest absolute Gasteiger partial charge is 0.507 e. The van der Waals surface area contributed by atoms with E-state index in [2.05, 4.69) is 0 Å². The number of phenols is 1. The third-order valence-corrected chi connectivity index (χ3v) is 5.59. The lowest BCUT2D eigenvalue weighted by atomic mass is 9.56. The minimum absolute atomic E-state index is 0.232. The van der Waals surface area contributed by atoms with Crippen molar-refractivity contribution >= 4 is 17.3 Å². The number of aromatic hydroxyl groups is 1. The molecule has 0 aliphatic heterocycles. The number of hydrogen-bond acceptors (Lipinski definition) is 8. The van der Waals surface area contributed by atoms with E-state index in [0.29, 0.717) is 0 Å². The van der Waals surface area contributed by atoms with Gasteiger partial charge in [-0.15, -0.1) is 0 Å². The maximum Gasteiger partial charge on any atom is 0.203 e. The average Bonchev–Trinajstić information content (AvgIpc) is 2.59. The van der Waals surface area contributed by atoms with Crippen LogP contribution in [0.4, 0.5) is 0 Å². The van der Waals surface area contributed by atoms with E-state index in [-0.39, 0.29) is 16.7 Å². The molecular weight excluding hydrogens is 356 g/mol. The van der Waals surface area contributed by atoms with Gasteiger partial charge in [0, 0.05) is 17.6 Å². The number of allylic oxidation sites excluding steroid dienone is 2. The number of carbonyl (C=O) groups is 3. The highest BCUT2D eigenvalue weighted by molar-refractivity contribution is 6.32. The van der Waals surface area contributed by atoms with E-state index in [0.717, 1.165) is 19.1 Å². The lowest BCUT2D eigenvalue weighted by Gasteiger charge is -2.53. The summed E-state index contributed by atoms with van der Waals surface area (Å²) < 4.78 is 0. The molecule has 1 fully saturated rings. The average molecular weight is 372 g/mol. The Morgan fingerprint density at radius 3 is 2.41 bits per heavy atom. The van der Waals surface area contributed by atoms with E-state index >= 15 is 0 Å². The third-order valence-electron chi connectivity index (χ3n) is 5.59. The summed E-state index contributed by atoms with van der Waals surface area (Å²) in [5.41, 5.74) is -8.92. The molecule has 8 nitrogen and oxygen atoms in total. The summed E-state index contributed by atoms with van der Waals surface area (Å²) in [6.45, 7) is 1.12. The van der Waals surface area contributed by atoms with Gasteiger partial charge < -0.3 is 25.5 Å². The van der Waals surface area contributed by atoms with Gasteiger partial charge in [0.05, 0.1) is 16.7 Å². The molecular formula is C19H16O8. The quantitative estimate of drug-likeness (QED) is 0.396. The first kappa shape index (κ1) is 17.7. The summed E-state index contributed by atoms with van der Waals surface area (Å²) in [6, 6.07) is 3.79. The van der Waals surface area contributed by atoms with Gasteiger partial charge in [-0.25, -0.2) is 0 Å². The van der Waals surface area contributed by atoms with Crippen LogP contribution < -0.4 is 0 Å². The number of phenolic OH excluding ortho intramolecular Hbond substituents is 1. The molecule has 1 saturated carbocycles. The third kappa shape index (κ3) is 1.93. The van der Waals surface area contributed by atoms with Gasteiger partial charge in [0.15, 0.2) is 17.2 Å². The number of aliphatic hydroxyl groups is 4. The van der Waals surface area contributed by atoms with E-state index < -0.39 is 58.0 Å². The Morgan fingerprint density at radius 1 is 1.07 bits per heavy atom. The van der Waals surface area contributed by atoms with E-state index in [9.17, 15) is 39.9 Å². The highest BCUT2D eigenvalue weighted by Crippen LogP contribution is 2.51. The number of Topliss-reactive ketones (excluding diaryl/α,β-unsaturated/α-hetero) is 3. The maximum atomic E-state index is 13.0. The highest BCUT2D eigenvalue weighted by Gasteiger charge is 2.69. The van der Waals surface area contributed by atoms with Gasteiger partial charge in [-0.05, 0) is 19.1 Å². The molecule has 0 radical (unpaired) electrons. The number of hydrogen-bond donors (Lipinski definition) is 5. The van der Waals surface area contributed by atoms with Crippen molar-refractivity contribution in [3.05, 3.63) is 52.6 Å². The first-order valence-electron chi connectivity index (χ1n) is 8.20. The topological polar surface area (TPSA) is 152 Å². The number of carbonyl (C=O) groups excluding carboxylic acids is 3. The minimum atomic E-state index is -2.92. The number of aliphatic hydroxyl groups excluding tert-OH is 1. The lowest BCUT2D eigenvalue weighted by Crippen LogP contribution is -2.74. The summed E-state index contributed by atoms with van der Waals surface area (Å²) in [6.07, 6.45) is -0.692. The molecule has 0 aromatic heterocycles. The number of rotatable bonds is 0. The van der Waals surface area contributed by atoms with Crippen molar-refractivity contribution in [2.24, 2.45) is 0 Å². The van der Waals surface area contributed by atoms with Crippen LogP contribution in [0.25, 0.3) is 0 Å². The maximum absolute atomic E-state index is 13.0. The van der Waals surface area contributed by atoms with E-state index in [1.54, 1.807) is 0 Å². The van der Waals surface area contributed by atoms with Crippen molar-refractivity contribution in [3.63, 3.8) is 0 Å². The lowest BCUT2D eigenvalue weighted by molar-refractivity contribution is -0.209. The van der Waals surface area contributed by atoms with Gasteiger partial charge in [-0.3, -0.25) is 14.4 Å². The van der Waals surface area contributed by atoms with Crippen LogP contribution in [0.3, 0.4) is 0 Å². The fraction of sp³-hybridized carbons (Fsp3) is 0.316. The van der Waals surface area contributed by atoms with Crippen LogP contribution in [-0.4, -0.2) is 65.8 Å². The Bertz CT molecular complexity index is 1000. The molecule has 3 aliphatic rings. The monoisotopic (exact) mass is 372 g/mol. The fourth-order valence-electron chi connectivity index (χ4n) is 4.20. The molecule has 0 heterocycles. The normalized spacial score (nSPS) is 37.8. The smallest absolute Gasteiger partial charge is 0.203 e. The molecule has 0 amide bonds. The van der Waals surface area contributed by atoms with Crippen molar-refractivity contribution in [2.75, 3.05) is 0 Å². The van der Waals surface area contributed by atoms with Crippen molar-refractivity contribution in [1.29, 1.82) is 0 Å². The first-order valence-corrected chi connectivity index (χ1v) is 8.20. The Morgan fingerprint density at radius 2 is 1.74 bits per heavy atom. The zero-order chi connectivity index (χ0) is 19.9. The van der Waals surface area contributed by atoms with Crippen LogP contribution in [0.5, 0.6) is 5.75 Å². The molecule has 3 aliphatic carbocycles. The Hall–Kier alpha value is -2.65. The molecule has 4 rings (SSSR count). The minimum Gasteiger partial charge on any atom is -0.507 e. The van der Waals surface area contributed by atoms with E-state index in [1.165, 1.54) is 18.2 Å². The van der Waals surface area contributed by atoms with E-state index in [4.69, 9.17) is 0 Å². The summed E-state index contributed by atoms with van der Waals surface area (Å²) in [5, 5.41) is 52.5. The predicted octanol–water partition coefficient (Wildman–Crippen LogP) is -0.815. The molecule has 5 N–H and O–H groups in total. The van der Waals surface area contributed by atoms with Gasteiger partial charge in [0.1, 0.15) is 17.5 Å². The molecule has 27 heavy (non-hydrogen) atoms. The molecule has 8 heteroatoms. The molecule has 0 saturated heterocycles. The number of ketones is 3. The molecule has 4 atom stereocenters. The molecule has 1 aromatic carbocycles. The Kier molecular flexibility index (Phi) is 3.28. The fourth-order valence-corrected chi connectivity index (χ4v) is 4.20. The van der Waals surface area contributed by atoms with Crippen molar-refractivity contribution in [3.8, 4) is 5.75 Å². The standard InChI is InChI=1S/C19H16O8/c1-17(25)7-18(26)6-5-9-12(19(18,27)16(24)15(17)23)14(22)8-3-2-4-10(20)11(8)13(9)21/h2-6,15,20,23,25-27H,7H2,1H3/t15-,17-,18-,19+/m0/s1. The Labute approximate surface area is 152 Å². The van der Waals surface area contributed by atoms with Crippen LogP contribution in [0.15, 0.2) is 41.5 Å². The molecule has 1 aromatic rings. The zero-order valence-corrected chi connectivity index (χ0v) is 14.1. The summed E-state index contributed by atoms with van der Waals surface area (Å²) in [5.74, 6) is -3.55. The van der Waals surface area contributed by atoms with Gasteiger partial charge in [-0.2, -0.15) is 0 Å². The molecule has 0 bridgehead atoms. The van der Waals surface area contributed by atoms with E-state index in [1.807, 2.05) is 0 Å². The van der Waals surface area contributed by atoms with Crippen LogP contribution in [0.2, 0.25) is 0 Å². The van der Waals surface area contributed by atoms with Crippen LogP contribution >= 0.6 is 0 Å². The van der Waals surface area contributed by atoms with Crippen molar-refractivity contribution in [2.45, 2.75) is 36.3 Å².